The molecule has 0 radical (unpaired) electrons. The Morgan fingerprint density at radius 2 is 1.75 bits per heavy atom. The second-order valence-electron chi connectivity index (χ2n) is 4.37. The minimum absolute atomic E-state index is 0.131. The van der Waals surface area contributed by atoms with Gasteiger partial charge in [-0.1, -0.05) is 30.3 Å². The summed E-state index contributed by atoms with van der Waals surface area (Å²) in [5.74, 6) is -0.366. The quantitative estimate of drug-likeness (QED) is 0.770. The van der Waals surface area contributed by atoms with Gasteiger partial charge < -0.3 is 10.2 Å². The van der Waals surface area contributed by atoms with Crippen molar-refractivity contribution in [3.05, 3.63) is 48.0 Å². The summed E-state index contributed by atoms with van der Waals surface area (Å²) in [7, 11) is 0. The van der Waals surface area contributed by atoms with Gasteiger partial charge in [-0.15, -0.1) is 0 Å². The summed E-state index contributed by atoms with van der Waals surface area (Å²) in [5.41, 5.74) is 1.18. The lowest BCUT2D eigenvalue weighted by Crippen LogP contribution is -2.29. The molecule has 0 bridgehead atoms. The fourth-order valence-electron chi connectivity index (χ4n) is 1.82. The van der Waals surface area contributed by atoms with Gasteiger partial charge in [0.1, 0.15) is 0 Å². The van der Waals surface area contributed by atoms with Gasteiger partial charge in [0.2, 0.25) is 11.8 Å². The largest absolute Gasteiger partial charge is 0.352 e. The van der Waals surface area contributed by atoms with E-state index in [0.29, 0.717) is 19.6 Å². The Kier molecular flexibility index (Phi) is 7.11. The van der Waals surface area contributed by atoms with E-state index in [4.69, 9.17) is 0 Å². The average Bonchev–Trinajstić information content (AvgIpc) is 2.47. The average molecular weight is 274 g/mol. The SMILES string of the molecule is CCN(CC)C(=O)/C=C\C(=O)NCCc1ccccc1. The number of nitrogens with one attached hydrogen (secondary N) is 1. The molecular weight excluding hydrogens is 252 g/mol. The van der Waals surface area contributed by atoms with E-state index in [1.807, 2.05) is 44.2 Å². The lowest BCUT2D eigenvalue weighted by atomic mass is 10.1. The van der Waals surface area contributed by atoms with Crippen LogP contribution in [0.15, 0.2) is 42.5 Å². The molecule has 2 amide bonds. The maximum absolute atomic E-state index is 11.7. The summed E-state index contributed by atoms with van der Waals surface area (Å²) in [4.78, 5) is 24.9. The topological polar surface area (TPSA) is 49.4 Å². The highest BCUT2D eigenvalue weighted by Gasteiger charge is 2.05. The maximum atomic E-state index is 11.7. The molecule has 0 heterocycles. The summed E-state index contributed by atoms with van der Waals surface area (Å²) < 4.78 is 0. The predicted molar refractivity (Wildman–Crippen MR) is 80.2 cm³/mol. The molecule has 0 saturated carbocycles. The molecule has 1 aromatic rings. The molecule has 0 fully saturated rings. The Bertz CT molecular complexity index is 451. The van der Waals surface area contributed by atoms with Crippen molar-refractivity contribution in [2.45, 2.75) is 20.3 Å². The number of amides is 2. The standard InChI is InChI=1S/C16H22N2O2/c1-3-18(4-2)16(20)11-10-15(19)17-13-12-14-8-6-5-7-9-14/h5-11H,3-4,12-13H2,1-2H3,(H,17,19)/b11-10-. The number of nitrogens with zero attached hydrogens (tertiary/aromatic N) is 1. The molecule has 20 heavy (non-hydrogen) atoms. The van der Waals surface area contributed by atoms with Gasteiger partial charge in [0.15, 0.2) is 0 Å². The Labute approximate surface area is 120 Å². The van der Waals surface area contributed by atoms with Crippen LogP contribution in [0.2, 0.25) is 0 Å². The van der Waals surface area contributed by atoms with Crippen molar-refractivity contribution in [1.82, 2.24) is 10.2 Å². The molecule has 0 unspecified atom stereocenters. The molecular formula is C16H22N2O2. The van der Waals surface area contributed by atoms with Crippen molar-refractivity contribution in [2.24, 2.45) is 0 Å². The first-order chi connectivity index (χ1) is 9.67. The molecule has 0 aliphatic heterocycles. The molecule has 4 nitrogen and oxygen atoms in total. The van der Waals surface area contributed by atoms with Gasteiger partial charge >= 0.3 is 0 Å². The molecule has 0 atom stereocenters. The molecule has 1 rings (SSSR count). The molecule has 0 aliphatic rings. The molecule has 0 aromatic heterocycles. The van der Waals surface area contributed by atoms with Crippen LogP contribution in [-0.4, -0.2) is 36.3 Å². The van der Waals surface area contributed by atoms with Crippen LogP contribution < -0.4 is 5.32 Å². The normalized spacial score (nSPS) is 10.5. The van der Waals surface area contributed by atoms with Crippen molar-refractivity contribution in [3.63, 3.8) is 0 Å². The molecule has 4 heteroatoms. The van der Waals surface area contributed by atoms with Crippen molar-refractivity contribution in [3.8, 4) is 0 Å². The molecule has 0 spiro atoms. The lowest BCUT2D eigenvalue weighted by molar-refractivity contribution is -0.126. The van der Waals surface area contributed by atoms with Gasteiger partial charge in [-0.25, -0.2) is 0 Å². The molecule has 0 saturated heterocycles. The number of carbonyl (C=O) groups is 2. The van der Waals surface area contributed by atoms with Crippen LogP contribution >= 0.6 is 0 Å². The van der Waals surface area contributed by atoms with E-state index in [1.54, 1.807) is 4.90 Å². The minimum atomic E-state index is -0.235. The predicted octanol–water partition coefficient (Wildman–Crippen LogP) is 1.77. The van der Waals surface area contributed by atoms with Crippen LogP contribution in [0.3, 0.4) is 0 Å². The zero-order chi connectivity index (χ0) is 14.8. The second-order valence-corrected chi connectivity index (χ2v) is 4.37. The number of likely N-dealkylation sites (N-methyl/N-ethyl adjacent to an activating group) is 1. The van der Waals surface area contributed by atoms with Gasteiger partial charge in [0, 0.05) is 31.8 Å². The van der Waals surface area contributed by atoms with Gasteiger partial charge in [-0.3, -0.25) is 9.59 Å². The van der Waals surface area contributed by atoms with Crippen LogP contribution in [0.5, 0.6) is 0 Å². The van der Waals surface area contributed by atoms with Crippen LogP contribution in [0, 0.1) is 0 Å². The highest BCUT2D eigenvalue weighted by molar-refractivity contribution is 5.96. The third kappa shape index (κ3) is 5.69. The van der Waals surface area contributed by atoms with E-state index < -0.39 is 0 Å². The van der Waals surface area contributed by atoms with E-state index in [0.717, 1.165) is 6.42 Å². The lowest BCUT2D eigenvalue weighted by Gasteiger charge is -2.15. The van der Waals surface area contributed by atoms with E-state index in [-0.39, 0.29) is 11.8 Å². The fraction of sp³-hybridized carbons (Fsp3) is 0.375. The number of hydrogen-bond acceptors (Lipinski definition) is 2. The number of hydrogen-bond donors (Lipinski definition) is 1. The first kappa shape index (κ1) is 16.0. The van der Waals surface area contributed by atoms with E-state index in [1.165, 1.54) is 17.7 Å². The summed E-state index contributed by atoms with van der Waals surface area (Å²) in [6.45, 7) is 5.68. The van der Waals surface area contributed by atoms with Crippen molar-refractivity contribution >= 4 is 11.8 Å². The Hall–Kier alpha value is -2.10. The van der Waals surface area contributed by atoms with Crippen LogP contribution in [-0.2, 0) is 16.0 Å². The molecule has 108 valence electrons. The van der Waals surface area contributed by atoms with Gasteiger partial charge in [-0.05, 0) is 25.8 Å². The number of benzene rings is 1. The van der Waals surface area contributed by atoms with E-state index >= 15 is 0 Å². The van der Waals surface area contributed by atoms with Crippen molar-refractivity contribution in [2.75, 3.05) is 19.6 Å². The first-order valence-corrected chi connectivity index (χ1v) is 6.96. The van der Waals surface area contributed by atoms with Gasteiger partial charge in [0.25, 0.3) is 0 Å². The summed E-state index contributed by atoms with van der Waals surface area (Å²) in [5, 5.41) is 2.76. The molecule has 1 aromatic carbocycles. The number of carbonyl (C=O) groups excluding carboxylic acids is 2. The van der Waals surface area contributed by atoms with Crippen LogP contribution in [0.4, 0.5) is 0 Å². The maximum Gasteiger partial charge on any atom is 0.246 e. The highest BCUT2D eigenvalue weighted by Crippen LogP contribution is 1.98. The summed E-state index contributed by atoms with van der Waals surface area (Å²) in [6.07, 6.45) is 3.40. The summed E-state index contributed by atoms with van der Waals surface area (Å²) >= 11 is 0. The second kappa shape index (κ2) is 8.91. The summed E-state index contributed by atoms with van der Waals surface area (Å²) in [6, 6.07) is 9.95. The molecule has 1 N–H and O–H groups in total. The van der Waals surface area contributed by atoms with Gasteiger partial charge in [0.05, 0.1) is 0 Å². The van der Waals surface area contributed by atoms with E-state index in [2.05, 4.69) is 5.32 Å². The Morgan fingerprint density at radius 1 is 1.10 bits per heavy atom. The van der Waals surface area contributed by atoms with Gasteiger partial charge in [-0.2, -0.15) is 0 Å². The van der Waals surface area contributed by atoms with Crippen LogP contribution in [0.25, 0.3) is 0 Å². The third-order valence-corrected chi connectivity index (χ3v) is 3.01. The van der Waals surface area contributed by atoms with Crippen molar-refractivity contribution in [1.29, 1.82) is 0 Å². The highest BCUT2D eigenvalue weighted by atomic mass is 16.2. The zero-order valence-electron chi connectivity index (χ0n) is 12.1. The third-order valence-electron chi connectivity index (χ3n) is 3.01. The van der Waals surface area contributed by atoms with Crippen LogP contribution in [0.1, 0.15) is 19.4 Å². The molecule has 0 aliphatic carbocycles. The minimum Gasteiger partial charge on any atom is -0.352 e. The Morgan fingerprint density at radius 3 is 2.35 bits per heavy atom. The van der Waals surface area contributed by atoms with Crippen molar-refractivity contribution < 1.29 is 9.59 Å². The first-order valence-electron chi connectivity index (χ1n) is 6.96. The monoisotopic (exact) mass is 274 g/mol. The Balaban J connectivity index is 2.31. The smallest absolute Gasteiger partial charge is 0.246 e. The van der Waals surface area contributed by atoms with E-state index in [9.17, 15) is 9.59 Å². The zero-order valence-corrected chi connectivity index (χ0v) is 12.1. The number of rotatable bonds is 7. The fourth-order valence-corrected chi connectivity index (χ4v) is 1.82.